The second-order valence-electron chi connectivity index (χ2n) is 8.97. The molecule has 0 aliphatic heterocycles. The lowest BCUT2D eigenvalue weighted by Crippen LogP contribution is -2.17. The van der Waals surface area contributed by atoms with Crippen molar-refractivity contribution < 1.29 is 27.6 Å². The summed E-state index contributed by atoms with van der Waals surface area (Å²) in [6.07, 6.45) is -0.909. The quantitative estimate of drug-likeness (QED) is 0.215. The Kier molecular flexibility index (Phi) is 8.15. The second kappa shape index (κ2) is 10.9. The number of Topliss-reactive ketones (excluding diaryl/α,β-unsaturated/α-hetero) is 2. The summed E-state index contributed by atoms with van der Waals surface area (Å²) >= 11 is 24.7. The first kappa shape index (κ1) is 28.4. The molecule has 1 saturated carbocycles. The maximum Gasteiger partial charge on any atom is 0.231 e. The standard InChI is InChI=1S/C27H18Cl4F3NO3/c1-12(36)8-17-20(32)6-3-14(25(17)34)10-22(37)16-11-15(4-5-18(16)28)35-26(38)24-23(27(24,30)31)13-2-7-21(33)19(29)9-13/h2-7,9,11,23-24H,8,10H2,1H3,(H,35,38)/t23-,24+/m0/s1. The average Bonchev–Trinajstić information content (AvgIpc) is 3.43. The van der Waals surface area contributed by atoms with Gasteiger partial charge in [-0.15, -0.1) is 23.2 Å². The van der Waals surface area contributed by atoms with E-state index in [9.17, 15) is 27.6 Å². The number of ketones is 2. The number of hydrogen-bond acceptors (Lipinski definition) is 3. The number of hydrogen-bond donors (Lipinski definition) is 1. The first-order valence-electron chi connectivity index (χ1n) is 11.2. The average molecular weight is 603 g/mol. The number of benzene rings is 3. The molecule has 0 heterocycles. The Labute approximate surface area is 236 Å². The zero-order chi connectivity index (χ0) is 27.9. The number of rotatable bonds is 8. The van der Waals surface area contributed by atoms with E-state index in [0.717, 1.165) is 18.2 Å². The minimum absolute atomic E-state index is 0.0121. The highest BCUT2D eigenvalue weighted by Gasteiger charge is 2.67. The van der Waals surface area contributed by atoms with Crippen molar-refractivity contribution in [2.24, 2.45) is 5.92 Å². The summed E-state index contributed by atoms with van der Waals surface area (Å²) in [5.41, 5.74) is 0.153. The first-order chi connectivity index (χ1) is 17.8. The van der Waals surface area contributed by atoms with Crippen LogP contribution in [0.4, 0.5) is 18.9 Å². The van der Waals surface area contributed by atoms with E-state index in [1.807, 2.05) is 0 Å². The van der Waals surface area contributed by atoms with E-state index in [2.05, 4.69) is 5.32 Å². The summed E-state index contributed by atoms with van der Waals surface area (Å²) in [4.78, 5) is 37.3. The number of alkyl halides is 2. The Balaban J connectivity index is 1.52. The molecule has 4 nitrogen and oxygen atoms in total. The predicted molar refractivity (Wildman–Crippen MR) is 141 cm³/mol. The van der Waals surface area contributed by atoms with Gasteiger partial charge in [-0.2, -0.15) is 0 Å². The third-order valence-corrected chi connectivity index (χ3v) is 7.78. The first-order valence-corrected chi connectivity index (χ1v) is 12.7. The number of carbonyl (C=O) groups excluding carboxylic acids is 3. The lowest BCUT2D eigenvalue weighted by Gasteiger charge is -2.11. The van der Waals surface area contributed by atoms with E-state index < -0.39 is 69.5 Å². The summed E-state index contributed by atoms with van der Waals surface area (Å²) in [7, 11) is 0. The smallest absolute Gasteiger partial charge is 0.231 e. The van der Waals surface area contributed by atoms with Crippen LogP contribution in [0.1, 0.15) is 39.9 Å². The fraction of sp³-hybridized carbons (Fsp3) is 0.222. The van der Waals surface area contributed by atoms with Gasteiger partial charge in [-0.25, -0.2) is 13.2 Å². The van der Waals surface area contributed by atoms with E-state index >= 15 is 0 Å². The van der Waals surface area contributed by atoms with Gasteiger partial charge in [0.2, 0.25) is 5.91 Å². The molecule has 1 fully saturated rings. The van der Waals surface area contributed by atoms with Gasteiger partial charge in [0.1, 0.15) is 27.6 Å². The van der Waals surface area contributed by atoms with Gasteiger partial charge >= 0.3 is 0 Å². The summed E-state index contributed by atoms with van der Waals surface area (Å²) in [6.45, 7) is 1.20. The monoisotopic (exact) mass is 601 g/mol. The largest absolute Gasteiger partial charge is 0.326 e. The van der Waals surface area contributed by atoms with Gasteiger partial charge in [-0.1, -0.05) is 35.3 Å². The zero-order valence-electron chi connectivity index (χ0n) is 19.6. The zero-order valence-corrected chi connectivity index (χ0v) is 22.6. The van der Waals surface area contributed by atoms with Crippen LogP contribution < -0.4 is 5.32 Å². The van der Waals surface area contributed by atoms with Crippen LogP contribution in [0.5, 0.6) is 0 Å². The Hall–Kier alpha value is -2.58. The third kappa shape index (κ3) is 5.71. The van der Waals surface area contributed by atoms with Crippen molar-refractivity contribution in [3.8, 4) is 0 Å². The molecule has 198 valence electrons. The van der Waals surface area contributed by atoms with Gasteiger partial charge in [0.05, 0.1) is 16.0 Å². The van der Waals surface area contributed by atoms with Crippen molar-refractivity contribution in [1.82, 2.24) is 0 Å². The minimum Gasteiger partial charge on any atom is -0.326 e. The van der Waals surface area contributed by atoms with E-state index in [0.29, 0.717) is 5.56 Å². The number of anilines is 1. The van der Waals surface area contributed by atoms with E-state index in [-0.39, 0.29) is 26.9 Å². The summed E-state index contributed by atoms with van der Waals surface area (Å²) in [5.74, 6) is -5.61. The molecule has 2 atom stereocenters. The maximum atomic E-state index is 14.8. The fourth-order valence-corrected chi connectivity index (χ4v) is 5.51. The van der Waals surface area contributed by atoms with Crippen LogP contribution in [0.15, 0.2) is 48.5 Å². The van der Waals surface area contributed by atoms with E-state index in [1.54, 1.807) is 0 Å². The number of amides is 1. The summed E-state index contributed by atoms with van der Waals surface area (Å²) in [5, 5.41) is 2.55. The molecule has 0 aromatic heterocycles. The molecule has 3 aromatic carbocycles. The third-order valence-electron chi connectivity index (χ3n) is 6.22. The molecule has 1 aliphatic carbocycles. The highest BCUT2D eigenvalue weighted by molar-refractivity contribution is 6.53. The summed E-state index contributed by atoms with van der Waals surface area (Å²) < 4.78 is 40.9. The van der Waals surface area contributed by atoms with E-state index in [4.69, 9.17) is 46.4 Å². The SMILES string of the molecule is CC(=O)Cc1c(F)ccc(CC(=O)c2cc(NC(=O)[C@H]3[C@H](c4ccc(F)c(Cl)c4)C3(Cl)Cl)ccc2Cl)c1F. The molecule has 0 spiro atoms. The van der Waals surface area contributed by atoms with Gasteiger partial charge in [0.15, 0.2) is 5.78 Å². The molecule has 11 heteroatoms. The molecule has 1 aliphatic rings. The molecule has 1 amide bonds. The topological polar surface area (TPSA) is 63.2 Å². The molecule has 0 bridgehead atoms. The van der Waals surface area contributed by atoms with Gasteiger partial charge < -0.3 is 5.32 Å². The van der Waals surface area contributed by atoms with E-state index in [1.165, 1.54) is 37.3 Å². The van der Waals surface area contributed by atoms with Crippen LogP contribution in [0, 0.1) is 23.4 Å². The molecule has 3 aromatic rings. The van der Waals surface area contributed by atoms with Crippen LogP contribution in [-0.2, 0) is 22.4 Å². The molecule has 1 N–H and O–H groups in total. The molecular weight excluding hydrogens is 585 g/mol. The number of carbonyl (C=O) groups is 3. The van der Waals surface area contributed by atoms with Crippen LogP contribution in [0.25, 0.3) is 0 Å². The highest BCUT2D eigenvalue weighted by Crippen LogP contribution is 2.65. The van der Waals surface area contributed by atoms with Crippen molar-refractivity contribution in [2.75, 3.05) is 5.32 Å². The Bertz CT molecular complexity index is 1480. The van der Waals surface area contributed by atoms with Crippen molar-refractivity contribution in [3.05, 3.63) is 98.3 Å². The second-order valence-corrected chi connectivity index (χ2v) is 11.2. The van der Waals surface area contributed by atoms with Crippen LogP contribution in [0.2, 0.25) is 10.0 Å². The lowest BCUT2D eigenvalue weighted by atomic mass is 9.98. The Morgan fingerprint density at radius 2 is 1.58 bits per heavy atom. The van der Waals surface area contributed by atoms with Gasteiger partial charge in [-0.3, -0.25) is 14.4 Å². The molecule has 0 unspecified atom stereocenters. The predicted octanol–water partition coefficient (Wildman–Crippen LogP) is 7.49. The van der Waals surface area contributed by atoms with Gasteiger partial charge in [0, 0.05) is 35.6 Å². The van der Waals surface area contributed by atoms with Gasteiger partial charge in [-0.05, 0) is 54.4 Å². The molecular formula is C27H18Cl4F3NO3. The molecule has 4 rings (SSSR count). The van der Waals surface area contributed by atoms with Crippen molar-refractivity contribution >= 4 is 69.6 Å². The Morgan fingerprint density at radius 1 is 0.895 bits per heavy atom. The molecule has 0 radical (unpaired) electrons. The van der Waals surface area contributed by atoms with Crippen LogP contribution in [-0.4, -0.2) is 21.8 Å². The van der Waals surface area contributed by atoms with Crippen molar-refractivity contribution in [3.63, 3.8) is 0 Å². The van der Waals surface area contributed by atoms with Crippen LogP contribution in [0.3, 0.4) is 0 Å². The Morgan fingerprint density at radius 3 is 2.24 bits per heavy atom. The van der Waals surface area contributed by atoms with Gasteiger partial charge in [0.25, 0.3) is 0 Å². The minimum atomic E-state index is -1.46. The lowest BCUT2D eigenvalue weighted by molar-refractivity contribution is -0.117. The van der Waals surface area contributed by atoms with Crippen LogP contribution >= 0.6 is 46.4 Å². The number of halogens is 7. The number of nitrogens with one attached hydrogen (secondary N) is 1. The van der Waals surface area contributed by atoms with Crippen molar-refractivity contribution in [2.45, 2.75) is 30.0 Å². The summed E-state index contributed by atoms with van der Waals surface area (Å²) in [6, 6.07) is 10.2. The highest BCUT2D eigenvalue weighted by atomic mass is 35.5. The normalized spacial score (nSPS) is 17.7. The fourth-order valence-electron chi connectivity index (χ4n) is 4.27. The maximum absolute atomic E-state index is 14.8. The molecule has 38 heavy (non-hydrogen) atoms. The van der Waals surface area contributed by atoms with Crippen molar-refractivity contribution in [1.29, 1.82) is 0 Å². The molecule has 0 saturated heterocycles.